The van der Waals surface area contributed by atoms with Crippen molar-refractivity contribution in [3.63, 3.8) is 0 Å². The Kier molecular flexibility index (Phi) is 1.85. The first-order chi connectivity index (χ1) is 5.68. The highest BCUT2D eigenvalue weighted by atomic mass is 35.5. The average molecular weight is 203 g/mol. The summed E-state index contributed by atoms with van der Waals surface area (Å²) in [5.74, 6) is -0.343. The van der Waals surface area contributed by atoms with Crippen LogP contribution in [0, 0.1) is 0 Å². The summed E-state index contributed by atoms with van der Waals surface area (Å²) in [7, 11) is 0. The van der Waals surface area contributed by atoms with E-state index >= 15 is 0 Å². The highest BCUT2D eigenvalue weighted by molar-refractivity contribution is 7.14. The topological polar surface area (TPSA) is 37.3 Å². The molecule has 2 nitrogen and oxygen atoms in total. The lowest BCUT2D eigenvalue weighted by Crippen LogP contribution is -1.89. The van der Waals surface area contributed by atoms with Gasteiger partial charge in [-0.05, 0) is 24.8 Å². The van der Waals surface area contributed by atoms with Gasteiger partial charge in [-0.25, -0.2) is 4.79 Å². The van der Waals surface area contributed by atoms with Gasteiger partial charge in [0.15, 0.2) is 0 Å². The first-order valence-electron chi connectivity index (χ1n) is 3.71. The Morgan fingerprint density at radius 2 is 2.33 bits per heavy atom. The summed E-state index contributed by atoms with van der Waals surface area (Å²) in [6.07, 6.45) is 2.30. The van der Waals surface area contributed by atoms with E-state index in [9.17, 15) is 4.79 Å². The van der Waals surface area contributed by atoms with Crippen LogP contribution in [0.3, 0.4) is 0 Å². The van der Waals surface area contributed by atoms with Gasteiger partial charge in [0.1, 0.15) is 4.88 Å². The Hall–Kier alpha value is -0.540. The normalized spacial score (nSPS) is 16.4. The van der Waals surface area contributed by atoms with Gasteiger partial charge in [0, 0.05) is 4.88 Å². The van der Waals surface area contributed by atoms with Crippen molar-refractivity contribution in [1.82, 2.24) is 0 Å². The molecule has 1 saturated carbocycles. The van der Waals surface area contributed by atoms with Crippen LogP contribution in [0.15, 0.2) is 6.07 Å². The summed E-state index contributed by atoms with van der Waals surface area (Å²) in [4.78, 5) is 12.0. The van der Waals surface area contributed by atoms with Crippen molar-refractivity contribution >= 4 is 28.9 Å². The molecule has 0 radical (unpaired) electrons. The molecule has 0 amide bonds. The number of aromatic carboxylic acids is 1. The minimum atomic E-state index is -0.881. The fourth-order valence-corrected chi connectivity index (χ4v) is 2.62. The quantitative estimate of drug-likeness (QED) is 0.801. The van der Waals surface area contributed by atoms with E-state index in [1.165, 1.54) is 11.3 Å². The van der Waals surface area contributed by atoms with Gasteiger partial charge in [0.05, 0.1) is 5.02 Å². The van der Waals surface area contributed by atoms with Gasteiger partial charge < -0.3 is 5.11 Å². The zero-order valence-electron chi connectivity index (χ0n) is 6.21. The Balaban J connectivity index is 2.36. The van der Waals surface area contributed by atoms with Gasteiger partial charge in [-0.2, -0.15) is 0 Å². The number of thiophene rings is 1. The van der Waals surface area contributed by atoms with Gasteiger partial charge >= 0.3 is 5.97 Å². The number of halogens is 1. The molecule has 1 aromatic heterocycles. The first kappa shape index (κ1) is 8.08. The van der Waals surface area contributed by atoms with Gasteiger partial charge in [-0.1, -0.05) is 11.6 Å². The van der Waals surface area contributed by atoms with E-state index in [-0.39, 0.29) is 0 Å². The average Bonchev–Trinajstić information content (AvgIpc) is 2.75. The fourth-order valence-electron chi connectivity index (χ4n) is 1.11. The van der Waals surface area contributed by atoms with E-state index in [2.05, 4.69) is 0 Å². The smallest absolute Gasteiger partial charge is 0.345 e. The summed E-state index contributed by atoms with van der Waals surface area (Å²) in [6, 6.07) is 1.54. The molecule has 1 aromatic rings. The number of carbonyl (C=O) groups is 1. The predicted molar refractivity (Wildman–Crippen MR) is 48.3 cm³/mol. The maximum atomic E-state index is 10.6. The third-order valence-electron chi connectivity index (χ3n) is 1.87. The molecule has 0 aliphatic heterocycles. The molecule has 1 N–H and O–H groups in total. The molecule has 12 heavy (non-hydrogen) atoms. The predicted octanol–water partition coefficient (Wildman–Crippen LogP) is 2.98. The molecular formula is C8H7ClO2S. The lowest BCUT2D eigenvalue weighted by atomic mass is 10.3. The van der Waals surface area contributed by atoms with Crippen molar-refractivity contribution in [3.05, 3.63) is 20.8 Å². The van der Waals surface area contributed by atoms with Crippen LogP contribution in [0.1, 0.15) is 33.3 Å². The zero-order valence-corrected chi connectivity index (χ0v) is 7.78. The molecule has 0 aromatic carbocycles. The van der Waals surface area contributed by atoms with Crippen LogP contribution in [0.2, 0.25) is 5.02 Å². The Morgan fingerprint density at radius 1 is 1.67 bits per heavy atom. The zero-order chi connectivity index (χ0) is 8.72. The molecule has 0 bridgehead atoms. The van der Waals surface area contributed by atoms with Crippen LogP contribution in [-0.2, 0) is 0 Å². The molecule has 2 rings (SSSR count). The maximum absolute atomic E-state index is 10.6. The number of carboxylic acids is 1. The fraction of sp³-hybridized carbons (Fsp3) is 0.375. The number of hydrogen-bond donors (Lipinski definition) is 1. The molecule has 1 fully saturated rings. The Morgan fingerprint density at radius 3 is 2.75 bits per heavy atom. The third kappa shape index (κ3) is 1.34. The second kappa shape index (κ2) is 2.75. The number of hydrogen-bond acceptors (Lipinski definition) is 2. The third-order valence-corrected chi connectivity index (χ3v) is 3.58. The van der Waals surface area contributed by atoms with Crippen molar-refractivity contribution in [3.8, 4) is 0 Å². The van der Waals surface area contributed by atoms with Gasteiger partial charge in [0.2, 0.25) is 0 Å². The molecule has 1 aliphatic rings. The standard InChI is InChI=1S/C8H7ClO2S/c9-5-3-6(8(10)11)12-7(5)4-1-2-4/h3-4H,1-2H2,(H,10,11). The largest absolute Gasteiger partial charge is 0.477 e. The highest BCUT2D eigenvalue weighted by Gasteiger charge is 2.28. The van der Waals surface area contributed by atoms with Crippen LogP contribution in [-0.4, -0.2) is 11.1 Å². The highest BCUT2D eigenvalue weighted by Crippen LogP contribution is 2.47. The van der Waals surface area contributed by atoms with Gasteiger partial charge in [0.25, 0.3) is 0 Å². The van der Waals surface area contributed by atoms with Gasteiger partial charge in [-0.15, -0.1) is 11.3 Å². The molecule has 64 valence electrons. The summed E-state index contributed by atoms with van der Waals surface area (Å²) >= 11 is 7.18. The molecular weight excluding hydrogens is 196 g/mol. The SMILES string of the molecule is O=C(O)c1cc(Cl)c(C2CC2)s1. The minimum absolute atomic E-state index is 0.349. The monoisotopic (exact) mass is 202 g/mol. The van der Waals surface area contributed by atoms with E-state index in [0.29, 0.717) is 15.8 Å². The summed E-state index contributed by atoms with van der Waals surface area (Å²) < 4.78 is 0. The van der Waals surface area contributed by atoms with Crippen molar-refractivity contribution in [2.45, 2.75) is 18.8 Å². The van der Waals surface area contributed by atoms with Crippen LogP contribution in [0.5, 0.6) is 0 Å². The number of rotatable bonds is 2. The second-order valence-corrected chi connectivity index (χ2v) is 4.39. The summed E-state index contributed by atoms with van der Waals surface area (Å²) in [6.45, 7) is 0. The first-order valence-corrected chi connectivity index (χ1v) is 4.90. The maximum Gasteiger partial charge on any atom is 0.345 e. The lowest BCUT2D eigenvalue weighted by molar-refractivity contribution is 0.0702. The van der Waals surface area contributed by atoms with E-state index in [1.54, 1.807) is 6.07 Å². The molecule has 1 heterocycles. The van der Waals surface area contributed by atoms with E-state index in [0.717, 1.165) is 17.7 Å². The summed E-state index contributed by atoms with van der Waals surface area (Å²) in [5.41, 5.74) is 0. The van der Waals surface area contributed by atoms with Crippen LogP contribution in [0.4, 0.5) is 0 Å². The molecule has 0 unspecified atom stereocenters. The molecule has 4 heteroatoms. The second-order valence-electron chi connectivity index (χ2n) is 2.90. The molecule has 0 saturated heterocycles. The van der Waals surface area contributed by atoms with Crippen LogP contribution < -0.4 is 0 Å². The van der Waals surface area contributed by atoms with Gasteiger partial charge in [-0.3, -0.25) is 0 Å². The van der Waals surface area contributed by atoms with E-state index in [1.807, 2.05) is 0 Å². The van der Waals surface area contributed by atoms with Crippen molar-refractivity contribution in [2.75, 3.05) is 0 Å². The number of carboxylic acid groups (broad SMARTS) is 1. The lowest BCUT2D eigenvalue weighted by Gasteiger charge is -1.88. The minimum Gasteiger partial charge on any atom is -0.477 e. The van der Waals surface area contributed by atoms with E-state index in [4.69, 9.17) is 16.7 Å². The Bertz CT molecular complexity index is 328. The van der Waals surface area contributed by atoms with E-state index < -0.39 is 5.97 Å². The molecule has 0 spiro atoms. The van der Waals surface area contributed by atoms with Crippen molar-refractivity contribution < 1.29 is 9.90 Å². The molecule has 0 atom stereocenters. The van der Waals surface area contributed by atoms with Crippen LogP contribution >= 0.6 is 22.9 Å². The molecule has 1 aliphatic carbocycles. The Labute approximate surface area is 78.8 Å². The van der Waals surface area contributed by atoms with Crippen molar-refractivity contribution in [2.24, 2.45) is 0 Å². The van der Waals surface area contributed by atoms with Crippen LogP contribution in [0.25, 0.3) is 0 Å². The summed E-state index contributed by atoms with van der Waals surface area (Å²) in [5, 5.41) is 9.30. The van der Waals surface area contributed by atoms with Crippen molar-refractivity contribution in [1.29, 1.82) is 0 Å².